The van der Waals surface area contributed by atoms with E-state index >= 15 is 0 Å². The van der Waals surface area contributed by atoms with Crippen LogP contribution in [0.5, 0.6) is 0 Å². The van der Waals surface area contributed by atoms with Crippen molar-refractivity contribution in [3.05, 3.63) is 17.5 Å². The maximum absolute atomic E-state index is 11.4. The average molecular weight is 196 g/mol. The van der Waals surface area contributed by atoms with Crippen molar-refractivity contribution < 1.29 is 9.59 Å². The Balaban J connectivity index is 3.19. The van der Waals surface area contributed by atoms with Crippen LogP contribution in [-0.2, 0) is 7.05 Å². The Labute approximate surface area is 81.3 Å². The fourth-order valence-corrected chi connectivity index (χ4v) is 1.13. The molecule has 0 bridgehead atoms. The van der Waals surface area contributed by atoms with E-state index in [1.807, 2.05) is 0 Å². The molecule has 6 heteroatoms. The first-order valence-electron chi connectivity index (χ1n) is 4.08. The Kier molecular flexibility index (Phi) is 2.85. The van der Waals surface area contributed by atoms with Crippen LogP contribution in [-0.4, -0.2) is 35.7 Å². The van der Waals surface area contributed by atoms with Crippen LogP contribution in [0.25, 0.3) is 0 Å². The van der Waals surface area contributed by atoms with Crippen LogP contribution >= 0.6 is 0 Å². The van der Waals surface area contributed by atoms with Crippen molar-refractivity contribution in [3.8, 4) is 0 Å². The van der Waals surface area contributed by atoms with E-state index in [4.69, 9.17) is 0 Å². The van der Waals surface area contributed by atoms with Gasteiger partial charge in [0.1, 0.15) is 5.69 Å². The summed E-state index contributed by atoms with van der Waals surface area (Å²) in [5, 5.41) is 8.74. The summed E-state index contributed by atoms with van der Waals surface area (Å²) in [4.78, 5) is 22.7. The SMILES string of the molecule is CNC(=O)c1cnn(C)c1C(=O)NC. The molecule has 0 aliphatic carbocycles. The normalized spacial score (nSPS) is 9.64. The van der Waals surface area contributed by atoms with Crippen LogP contribution in [0, 0.1) is 0 Å². The van der Waals surface area contributed by atoms with E-state index in [2.05, 4.69) is 15.7 Å². The number of rotatable bonds is 2. The summed E-state index contributed by atoms with van der Waals surface area (Å²) in [5.41, 5.74) is 0.529. The number of carbonyl (C=O) groups is 2. The first-order chi connectivity index (χ1) is 6.61. The average Bonchev–Trinajstić information content (AvgIpc) is 2.58. The van der Waals surface area contributed by atoms with Crippen LogP contribution < -0.4 is 10.6 Å². The number of hydrogen-bond acceptors (Lipinski definition) is 3. The third kappa shape index (κ3) is 1.59. The van der Waals surface area contributed by atoms with E-state index in [1.165, 1.54) is 25.0 Å². The minimum Gasteiger partial charge on any atom is -0.355 e. The van der Waals surface area contributed by atoms with Gasteiger partial charge in [0.25, 0.3) is 11.8 Å². The first kappa shape index (κ1) is 10.2. The highest BCUT2D eigenvalue weighted by molar-refractivity contribution is 6.05. The predicted octanol–water partition coefficient (Wildman–Crippen LogP) is -0.861. The zero-order valence-corrected chi connectivity index (χ0v) is 8.29. The van der Waals surface area contributed by atoms with Crippen LogP contribution in [0.1, 0.15) is 20.8 Å². The second-order valence-corrected chi connectivity index (χ2v) is 2.69. The standard InChI is InChI=1S/C8H12N4O2/c1-9-7(13)5-4-11-12(3)6(5)8(14)10-2/h4H,1-3H3,(H,9,13)(H,10,14). The van der Waals surface area contributed by atoms with E-state index < -0.39 is 0 Å². The lowest BCUT2D eigenvalue weighted by atomic mass is 10.2. The minimum atomic E-state index is -0.330. The van der Waals surface area contributed by atoms with Gasteiger partial charge in [-0.15, -0.1) is 0 Å². The molecule has 1 aromatic rings. The lowest BCUT2D eigenvalue weighted by molar-refractivity contribution is 0.0923. The lowest BCUT2D eigenvalue weighted by Gasteiger charge is -2.03. The summed E-state index contributed by atoms with van der Waals surface area (Å²) < 4.78 is 1.36. The molecule has 0 fully saturated rings. The number of nitrogens with zero attached hydrogens (tertiary/aromatic N) is 2. The lowest BCUT2D eigenvalue weighted by Crippen LogP contribution is -2.26. The van der Waals surface area contributed by atoms with E-state index in [-0.39, 0.29) is 23.1 Å². The molecule has 1 rings (SSSR count). The molecule has 0 radical (unpaired) electrons. The molecular formula is C8H12N4O2. The second kappa shape index (κ2) is 3.91. The Hall–Kier alpha value is -1.85. The van der Waals surface area contributed by atoms with Gasteiger partial charge in [0, 0.05) is 21.1 Å². The third-order valence-corrected chi connectivity index (χ3v) is 1.85. The number of aromatic nitrogens is 2. The van der Waals surface area contributed by atoms with Crippen LogP contribution in [0.15, 0.2) is 6.20 Å². The quantitative estimate of drug-likeness (QED) is 0.646. The molecule has 0 saturated carbocycles. The number of amides is 2. The van der Waals surface area contributed by atoms with Crippen molar-refractivity contribution in [1.29, 1.82) is 0 Å². The minimum absolute atomic E-state index is 0.256. The first-order valence-corrected chi connectivity index (χ1v) is 4.08. The van der Waals surface area contributed by atoms with Crippen molar-refractivity contribution in [2.24, 2.45) is 7.05 Å². The molecule has 0 aliphatic heterocycles. The number of nitrogens with one attached hydrogen (secondary N) is 2. The highest BCUT2D eigenvalue weighted by Crippen LogP contribution is 2.06. The van der Waals surface area contributed by atoms with Gasteiger partial charge in [0.2, 0.25) is 0 Å². The smallest absolute Gasteiger partial charge is 0.270 e. The predicted molar refractivity (Wildman–Crippen MR) is 50.0 cm³/mol. The topological polar surface area (TPSA) is 76.0 Å². The van der Waals surface area contributed by atoms with Crippen molar-refractivity contribution in [2.45, 2.75) is 0 Å². The van der Waals surface area contributed by atoms with Gasteiger partial charge in [0.05, 0.1) is 11.8 Å². The molecule has 0 aromatic carbocycles. The zero-order chi connectivity index (χ0) is 10.7. The van der Waals surface area contributed by atoms with Crippen molar-refractivity contribution >= 4 is 11.8 Å². The number of aryl methyl sites for hydroxylation is 1. The fourth-order valence-electron chi connectivity index (χ4n) is 1.13. The van der Waals surface area contributed by atoms with Crippen molar-refractivity contribution in [3.63, 3.8) is 0 Å². The molecule has 0 unspecified atom stereocenters. The molecule has 0 aliphatic rings. The van der Waals surface area contributed by atoms with E-state index in [9.17, 15) is 9.59 Å². The summed E-state index contributed by atoms with van der Waals surface area (Å²) in [6, 6.07) is 0. The molecule has 76 valence electrons. The zero-order valence-electron chi connectivity index (χ0n) is 8.29. The van der Waals surface area contributed by atoms with Crippen LogP contribution in [0.2, 0.25) is 0 Å². The molecule has 2 N–H and O–H groups in total. The highest BCUT2D eigenvalue weighted by Gasteiger charge is 2.19. The molecule has 6 nitrogen and oxygen atoms in total. The van der Waals surface area contributed by atoms with Gasteiger partial charge in [-0.1, -0.05) is 0 Å². The van der Waals surface area contributed by atoms with Gasteiger partial charge < -0.3 is 10.6 Å². The maximum Gasteiger partial charge on any atom is 0.270 e. The highest BCUT2D eigenvalue weighted by atomic mass is 16.2. The van der Waals surface area contributed by atoms with Crippen molar-refractivity contribution in [2.75, 3.05) is 14.1 Å². The van der Waals surface area contributed by atoms with Gasteiger partial charge in [0.15, 0.2) is 0 Å². The molecule has 2 amide bonds. The fraction of sp³-hybridized carbons (Fsp3) is 0.375. The van der Waals surface area contributed by atoms with E-state index in [1.54, 1.807) is 7.05 Å². The van der Waals surface area contributed by atoms with Gasteiger partial charge >= 0.3 is 0 Å². The summed E-state index contributed by atoms with van der Waals surface area (Å²) in [7, 11) is 4.61. The number of carbonyl (C=O) groups excluding carboxylic acids is 2. The van der Waals surface area contributed by atoms with Gasteiger partial charge in [-0.25, -0.2) is 0 Å². The molecular weight excluding hydrogens is 184 g/mol. The Bertz CT molecular complexity index is 369. The molecule has 0 spiro atoms. The van der Waals surface area contributed by atoms with Crippen LogP contribution in [0.3, 0.4) is 0 Å². The molecule has 1 aromatic heterocycles. The van der Waals surface area contributed by atoms with Crippen LogP contribution in [0.4, 0.5) is 0 Å². The molecule has 14 heavy (non-hydrogen) atoms. The van der Waals surface area contributed by atoms with Gasteiger partial charge in [-0.05, 0) is 0 Å². The van der Waals surface area contributed by atoms with E-state index in [0.29, 0.717) is 0 Å². The third-order valence-electron chi connectivity index (χ3n) is 1.85. The Morgan fingerprint density at radius 3 is 2.36 bits per heavy atom. The summed E-state index contributed by atoms with van der Waals surface area (Å²) in [5.74, 6) is -0.652. The molecule has 0 atom stereocenters. The van der Waals surface area contributed by atoms with Gasteiger partial charge in [-0.3, -0.25) is 14.3 Å². The Morgan fingerprint density at radius 1 is 1.29 bits per heavy atom. The maximum atomic E-state index is 11.4. The largest absolute Gasteiger partial charge is 0.355 e. The molecule has 0 saturated heterocycles. The molecule has 1 heterocycles. The second-order valence-electron chi connectivity index (χ2n) is 2.69. The van der Waals surface area contributed by atoms with Crippen molar-refractivity contribution in [1.82, 2.24) is 20.4 Å². The monoisotopic (exact) mass is 196 g/mol. The summed E-state index contributed by atoms with van der Waals surface area (Å²) in [6.45, 7) is 0. The summed E-state index contributed by atoms with van der Waals surface area (Å²) >= 11 is 0. The van der Waals surface area contributed by atoms with E-state index in [0.717, 1.165) is 0 Å². The van der Waals surface area contributed by atoms with Gasteiger partial charge in [-0.2, -0.15) is 5.10 Å². The Morgan fingerprint density at radius 2 is 1.86 bits per heavy atom. The summed E-state index contributed by atoms with van der Waals surface area (Å²) in [6.07, 6.45) is 1.36. The number of hydrogen-bond donors (Lipinski definition) is 2.